The molecule has 0 aliphatic carbocycles. The minimum Gasteiger partial charge on any atom is -0.329 e. The number of hydrogen-bond donors (Lipinski definition) is 0. The average Bonchev–Trinajstić information content (AvgIpc) is 2.81. The molecule has 0 unspecified atom stereocenters. The lowest BCUT2D eigenvalue weighted by Gasteiger charge is -2.28. The number of aromatic nitrogens is 1. The largest absolute Gasteiger partial charge is 0.329 e. The number of anilines is 1. The molecule has 0 spiro atoms. The minimum atomic E-state index is -0.166. The molecule has 3 aromatic rings. The van der Waals surface area contributed by atoms with Crippen LogP contribution >= 0.6 is 0 Å². The van der Waals surface area contributed by atoms with Crippen molar-refractivity contribution in [3.63, 3.8) is 0 Å². The van der Waals surface area contributed by atoms with E-state index >= 15 is 0 Å². The highest BCUT2D eigenvalue weighted by Gasteiger charge is 2.28. The fraction of sp³-hybridized carbons (Fsp3) is 0.200. The molecule has 31 heavy (non-hydrogen) atoms. The summed E-state index contributed by atoms with van der Waals surface area (Å²) >= 11 is 0. The van der Waals surface area contributed by atoms with Gasteiger partial charge in [-0.2, -0.15) is 5.10 Å². The number of benzene rings is 2. The van der Waals surface area contributed by atoms with Crippen LogP contribution in [0.25, 0.3) is 0 Å². The second-order valence-corrected chi connectivity index (χ2v) is 7.54. The zero-order chi connectivity index (χ0) is 21.6. The van der Waals surface area contributed by atoms with Gasteiger partial charge in [0.25, 0.3) is 5.91 Å². The third-order valence-electron chi connectivity index (χ3n) is 5.29. The highest BCUT2D eigenvalue weighted by Crippen LogP contribution is 2.21. The molecular formula is C25H24N4O2. The zero-order valence-electron chi connectivity index (χ0n) is 17.4. The van der Waals surface area contributed by atoms with E-state index in [0.29, 0.717) is 30.9 Å². The second-order valence-electron chi connectivity index (χ2n) is 7.54. The van der Waals surface area contributed by atoms with Gasteiger partial charge in [0.2, 0.25) is 5.91 Å². The molecular weight excluding hydrogens is 388 g/mol. The Morgan fingerprint density at radius 1 is 0.968 bits per heavy atom. The number of hydrazone groups is 1. The van der Waals surface area contributed by atoms with Gasteiger partial charge in [0.1, 0.15) is 5.71 Å². The van der Waals surface area contributed by atoms with Crippen LogP contribution in [0.5, 0.6) is 0 Å². The van der Waals surface area contributed by atoms with E-state index in [9.17, 15) is 9.59 Å². The van der Waals surface area contributed by atoms with E-state index in [-0.39, 0.29) is 18.2 Å². The number of nitrogens with zero attached hydrogens (tertiary/aromatic N) is 4. The number of aryl methyl sites for hydroxylation is 1. The van der Waals surface area contributed by atoms with Gasteiger partial charge in [0.05, 0.1) is 5.69 Å². The topological polar surface area (TPSA) is 65.9 Å². The molecule has 1 aliphatic rings. The number of amides is 2. The predicted molar refractivity (Wildman–Crippen MR) is 120 cm³/mol. The van der Waals surface area contributed by atoms with Crippen molar-refractivity contribution in [1.29, 1.82) is 0 Å². The van der Waals surface area contributed by atoms with Crippen molar-refractivity contribution in [1.82, 2.24) is 9.88 Å². The summed E-state index contributed by atoms with van der Waals surface area (Å²) < 4.78 is 0. The van der Waals surface area contributed by atoms with Crippen molar-refractivity contribution < 1.29 is 9.59 Å². The van der Waals surface area contributed by atoms with Crippen LogP contribution in [-0.2, 0) is 22.7 Å². The third-order valence-corrected chi connectivity index (χ3v) is 5.29. The first-order valence-corrected chi connectivity index (χ1v) is 10.3. The molecule has 0 radical (unpaired) electrons. The zero-order valence-corrected chi connectivity index (χ0v) is 17.4. The monoisotopic (exact) mass is 412 g/mol. The Balaban J connectivity index is 1.64. The number of carbonyl (C=O) groups excluding carboxylic acids is 2. The maximum absolute atomic E-state index is 13.5. The molecule has 0 N–H and O–H groups in total. The Hall–Kier alpha value is -3.80. The van der Waals surface area contributed by atoms with Gasteiger partial charge in [-0.15, -0.1) is 0 Å². The summed E-state index contributed by atoms with van der Waals surface area (Å²) in [5.41, 5.74) is 4.19. The van der Waals surface area contributed by atoms with Gasteiger partial charge in [0, 0.05) is 38.3 Å². The molecule has 0 fully saturated rings. The number of rotatable bonds is 6. The molecule has 6 nitrogen and oxygen atoms in total. The molecule has 0 saturated carbocycles. The lowest BCUT2D eigenvalue weighted by Crippen LogP contribution is -2.41. The molecule has 1 aromatic heterocycles. The van der Waals surface area contributed by atoms with E-state index in [2.05, 4.69) is 10.1 Å². The Morgan fingerprint density at radius 3 is 2.48 bits per heavy atom. The van der Waals surface area contributed by atoms with Crippen molar-refractivity contribution in [2.45, 2.75) is 32.9 Å². The second kappa shape index (κ2) is 9.34. The maximum Gasteiger partial charge on any atom is 0.270 e. The standard InChI is InChI=1S/C25H24N4O2/c1-19-8-5-6-10-21(19)18-28(17-20-9-7-15-26-16-20)25(31)23-13-14-24(30)29(27-23)22-11-3-2-4-12-22/h2-12,15-16H,13-14,17-18H2,1H3. The molecule has 2 heterocycles. The van der Waals surface area contributed by atoms with Crippen LogP contribution in [0.4, 0.5) is 5.69 Å². The van der Waals surface area contributed by atoms with E-state index in [1.54, 1.807) is 17.3 Å². The van der Waals surface area contributed by atoms with Crippen molar-refractivity contribution >= 4 is 23.2 Å². The van der Waals surface area contributed by atoms with Gasteiger partial charge in [-0.25, -0.2) is 5.01 Å². The van der Waals surface area contributed by atoms with E-state index in [0.717, 1.165) is 16.7 Å². The predicted octanol–water partition coefficient (Wildman–Crippen LogP) is 4.10. The minimum absolute atomic E-state index is 0.111. The maximum atomic E-state index is 13.5. The normalized spacial score (nSPS) is 13.6. The molecule has 6 heteroatoms. The van der Waals surface area contributed by atoms with Crippen LogP contribution in [0.2, 0.25) is 0 Å². The quantitative estimate of drug-likeness (QED) is 0.612. The van der Waals surface area contributed by atoms with E-state index < -0.39 is 0 Å². The van der Waals surface area contributed by atoms with Gasteiger partial charge in [0.15, 0.2) is 0 Å². The van der Waals surface area contributed by atoms with Crippen LogP contribution < -0.4 is 5.01 Å². The summed E-state index contributed by atoms with van der Waals surface area (Å²) in [6.45, 7) is 2.91. The fourth-order valence-corrected chi connectivity index (χ4v) is 3.57. The van der Waals surface area contributed by atoms with Gasteiger partial charge in [-0.3, -0.25) is 14.6 Å². The van der Waals surface area contributed by atoms with E-state index in [4.69, 9.17) is 0 Å². The summed E-state index contributed by atoms with van der Waals surface area (Å²) in [5, 5.41) is 5.79. The average molecular weight is 412 g/mol. The Labute approximate surface area is 181 Å². The summed E-state index contributed by atoms with van der Waals surface area (Å²) in [7, 11) is 0. The summed E-state index contributed by atoms with van der Waals surface area (Å²) in [4.78, 5) is 31.9. The highest BCUT2D eigenvalue weighted by molar-refractivity contribution is 6.40. The van der Waals surface area contributed by atoms with Gasteiger partial charge >= 0.3 is 0 Å². The molecule has 2 amide bonds. The van der Waals surface area contributed by atoms with E-state index in [1.807, 2.05) is 73.7 Å². The fourth-order valence-electron chi connectivity index (χ4n) is 3.57. The van der Waals surface area contributed by atoms with E-state index in [1.165, 1.54) is 5.01 Å². The first-order chi connectivity index (χ1) is 15.1. The molecule has 156 valence electrons. The SMILES string of the molecule is Cc1ccccc1CN(Cc1cccnc1)C(=O)C1=NN(c2ccccc2)C(=O)CC1. The molecule has 0 saturated heterocycles. The van der Waals surface area contributed by atoms with Crippen molar-refractivity contribution in [2.24, 2.45) is 5.10 Å². The van der Waals surface area contributed by atoms with Crippen LogP contribution in [0.3, 0.4) is 0 Å². The van der Waals surface area contributed by atoms with Gasteiger partial charge in [-0.05, 0) is 41.8 Å². The smallest absolute Gasteiger partial charge is 0.270 e. The van der Waals surface area contributed by atoms with Crippen molar-refractivity contribution in [3.8, 4) is 0 Å². The Morgan fingerprint density at radius 2 is 1.74 bits per heavy atom. The summed E-state index contributed by atoms with van der Waals surface area (Å²) in [5.74, 6) is -0.277. The third kappa shape index (κ3) is 4.86. The molecule has 0 atom stereocenters. The highest BCUT2D eigenvalue weighted by atomic mass is 16.2. The van der Waals surface area contributed by atoms with Crippen molar-refractivity contribution in [2.75, 3.05) is 5.01 Å². The van der Waals surface area contributed by atoms with Crippen LogP contribution in [-0.4, -0.2) is 27.4 Å². The number of carbonyl (C=O) groups is 2. The van der Waals surface area contributed by atoms with Gasteiger partial charge in [-0.1, -0.05) is 48.5 Å². The summed E-state index contributed by atoms with van der Waals surface area (Å²) in [6.07, 6.45) is 4.06. The van der Waals surface area contributed by atoms with Crippen molar-refractivity contribution in [3.05, 3.63) is 95.8 Å². The summed E-state index contributed by atoms with van der Waals surface area (Å²) in [6, 6.07) is 21.0. The number of hydrogen-bond acceptors (Lipinski definition) is 4. The molecule has 2 aromatic carbocycles. The first kappa shape index (κ1) is 20.5. The lowest BCUT2D eigenvalue weighted by atomic mass is 10.1. The number of pyridine rings is 1. The lowest BCUT2D eigenvalue weighted by molar-refractivity contribution is -0.125. The first-order valence-electron chi connectivity index (χ1n) is 10.3. The van der Waals surface area contributed by atoms with Crippen LogP contribution in [0.1, 0.15) is 29.5 Å². The Bertz CT molecular complexity index is 1100. The van der Waals surface area contributed by atoms with Crippen LogP contribution in [0, 0.1) is 6.92 Å². The van der Waals surface area contributed by atoms with Crippen LogP contribution in [0.15, 0.2) is 84.2 Å². The molecule has 4 rings (SSSR count). The number of para-hydroxylation sites is 1. The molecule has 1 aliphatic heterocycles. The Kier molecular flexibility index (Phi) is 6.17. The van der Waals surface area contributed by atoms with Gasteiger partial charge < -0.3 is 4.90 Å². The molecule has 0 bridgehead atoms.